The summed E-state index contributed by atoms with van der Waals surface area (Å²) in [4.78, 5) is 20.1. The molecule has 0 heterocycles. The third kappa shape index (κ3) is 13.1. The number of rotatable bonds is 6. The largest absolute Gasteiger partial charge is 0 e. The van der Waals surface area contributed by atoms with Gasteiger partial charge in [-0.25, -0.2) is 0 Å². The number of carbonyl (C=O) groups excluding carboxylic acids is 2. The van der Waals surface area contributed by atoms with Gasteiger partial charge < -0.3 is 0 Å². The maximum Gasteiger partial charge on any atom is 0 e. The van der Waals surface area contributed by atoms with Crippen LogP contribution in [-0.4, -0.2) is 29.9 Å². The second kappa shape index (κ2) is 13.3. The van der Waals surface area contributed by atoms with Crippen LogP contribution in [0.5, 0.6) is 0 Å². The van der Waals surface area contributed by atoms with Crippen LogP contribution in [0.1, 0.15) is 48.0 Å². The standard InChI is InChI=1S/C5H8O2.4C2H5.Sn.Ti/c1-4(6)3-5(2)7;4*1-2;;/h3H2,1-2H3;4*1H2,2H3;;. The Balaban J connectivity index is -0.000000224. The van der Waals surface area contributed by atoms with E-state index in [0.29, 0.717) is 0 Å². The summed E-state index contributed by atoms with van der Waals surface area (Å²) < 4.78 is 6.22. The number of Topliss-reactive ketones (excluding diaryl/α,β-unsaturated/α-hetero) is 2. The summed E-state index contributed by atoms with van der Waals surface area (Å²) in [5.74, 6) is -0.125. The predicted octanol–water partition coefficient (Wildman–Crippen LogP) is 4.07. The summed E-state index contributed by atoms with van der Waals surface area (Å²) in [7, 11) is 0. The van der Waals surface area contributed by atoms with Crippen LogP contribution in [0.25, 0.3) is 0 Å². The predicted molar refractivity (Wildman–Crippen MR) is 73.7 cm³/mol. The molecule has 0 fully saturated rings. The van der Waals surface area contributed by atoms with E-state index in [4.69, 9.17) is 0 Å². The molecule has 0 aromatic carbocycles. The first-order valence-corrected chi connectivity index (χ1v) is 14.4. The number of hydrogen-bond donors (Lipinski definition) is 0. The van der Waals surface area contributed by atoms with E-state index in [1.54, 1.807) is 17.7 Å². The third-order valence-electron chi connectivity index (χ3n) is 3.50. The molecular formula is C13H28O2SnTi. The molecule has 0 aromatic rings. The molecule has 0 aliphatic heterocycles. The van der Waals surface area contributed by atoms with Gasteiger partial charge in [0.05, 0.1) is 6.42 Å². The van der Waals surface area contributed by atoms with Gasteiger partial charge in [0.15, 0.2) is 0 Å². The minimum atomic E-state index is -1.39. The summed E-state index contributed by atoms with van der Waals surface area (Å²) in [5.41, 5.74) is 0. The zero-order valence-electron chi connectivity index (χ0n) is 12.4. The van der Waals surface area contributed by atoms with Gasteiger partial charge >= 0.3 is 63.8 Å². The van der Waals surface area contributed by atoms with Crippen LogP contribution in [0.4, 0.5) is 0 Å². The summed E-state index contributed by atoms with van der Waals surface area (Å²) in [6.45, 7) is 12.4. The fourth-order valence-corrected chi connectivity index (χ4v) is 10.4. The van der Waals surface area contributed by atoms with E-state index in [0.717, 1.165) is 0 Å². The minimum absolute atomic E-state index is 0. The molecule has 0 unspecified atom stereocenters. The molecular weight excluding hydrogens is 355 g/mol. The second-order valence-electron chi connectivity index (χ2n) is 4.50. The number of hydrogen-bond acceptors (Lipinski definition) is 2. The van der Waals surface area contributed by atoms with Crippen LogP contribution >= 0.6 is 0 Å². The Morgan fingerprint density at radius 1 is 0.765 bits per heavy atom. The first kappa shape index (κ1) is 23.0. The van der Waals surface area contributed by atoms with Crippen molar-refractivity contribution in [3.63, 3.8) is 0 Å². The summed E-state index contributed by atoms with van der Waals surface area (Å²) in [6.07, 6.45) is 0.0833. The molecule has 0 aliphatic rings. The normalized spacial score (nSPS) is 9.76. The SMILES string of the molecule is CC(=O)CC(C)=O.C[CH2][Sn]([CH2]C)([CH2]C)[CH2]C.[Ti]. The Morgan fingerprint density at radius 2 is 1.00 bits per heavy atom. The maximum absolute atomic E-state index is 10.0. The van der Waals surface area contributed by atoms with Crippen molar-refractivity contribution in [3.05, 3.63) is 0 Å². The van der Waals surface area contributed by atoms with Crippen LogP contribution in [0.15, 0.2) is 0 Å². The summed E-state index contributed by atoms with van der Waals surface area (Å²) in [5, 5.41) is 0. The Kier molecular flexibility index (Phi) is 18.0. The molecule has 100 valence electrons. The molecule has 0 bridgehead atoms. The molecule has 0 rings (SSSR count). The van der Waals surface area contributed by atoms with E-state index < -0.39 is 18.4 Å². The van der Waals surface area contributed by atoms with Crippen LogP contribution in [0, 0.1) is 0 Å². The van der Waals surface area contributed by atoms with E-state index in [9.17, 15) is 9.59 Å². The fourth-order valence-electron chi connectivity index (χ4n) is 1.85. The van der Waals surface area contributed by atoms with E-state index in [1.807, 2.05) is 0 Å². The van der Waals surface area contributed by atoms with Gasteiger partial charge in [0, 0.05) is 21.7 Å². The minimum Gasteiger partial charge on any atom is 0 e. The van der Waals surface area contributed by atoms with Crippen molar-refractivity contribution in [1.82, 2.24) is 0 Å². The first-order chi connectivity index (χ1) is 7.37. The summed E-state index contributed by atoms with van der Waals surface area (Å²) >= 11 is -1.39. The quantitative estimate of drug-likeness (QED) is 0.512. The van der Waals surface area contributed by atoms with Crippen LogP contribution in [-0.2, 0) is 31.3 Å². The van der Waals surface area contributed by atoms with Gasteiger partial charge in [-0.05, 0) is 13.8 Å². The van der Waals surface area contributed by atoms with Gasteiger partial charge in [-0.2, -0.15) is 0 Å². The molecule has 0 N–H and O–H groups in total. The van der Waals surface area contributed by atoms with Gasteiger partial charge in [-0.15, -0.1) is 0 Å². The van der Waals surface area contributed by atoms with Gasteiger partial charge in [-0.1, -0.05) is 0 Å². The Morgan fingerprint density at radius 3 is 1.00 bits per heavy atom. The molecule has 0 aliphatic carbocycles. The van der Waals surface area contributed by atoms with Crippen molar-refractivity contribution in [3.8, 4) is 0 Å². The van der Waals surface area contributed by atoms with Crippen molar-refractivity contribution in [1.29, 1.82) is 0 Å². The third-order valence-corrected chi connectivity index (χ3v) is 20.6. The van der Waals surface area contributed by atoms with Crippen molar-refractivity contribution in [2.24, 2.45) is 0 Å². The zero-order chi connectivity index (χ0) is 13.2. The molecule has 17 heavy (non-hydrogen) atoms. The first-order valence-electron chi connectivity index (χ1n) is 6.36. The van der Waals surface area contributed by atoms with Crippen molar-refractivity contribution in [2.75, 3.05) is 0 Å². The molecule has 0 radical (unpaired) electrons. The van der Waals surface area contributed by atoms with Crippen LogP contribution < -0.4 is 0 Å². The smallest absolute Gasteiger partial charge is 0 e. The van der Waals surface area contributed by atoms with E-state index in [1.165, 1.54) is 13.8 Å². The maximum atomic E-state index is 10.0. The number of ketones is 2. The molecule has 2 nitrogen and oxygen atoms in total. The summed E-state index contributed by atoms with van der Waals surface area (Å²) in [6, 6.07) is 0. The molecule has 0 saturated carbocycles. The molecule has 4 heteroatoms. The van der Waals surface area contributed by atoms with Crippen LogP contribution in [0.3, 0.4) is 0 Å². The van der Waals surface area contributed by atoms with Gasteiger partial charge in [0.2, 0.25) is 0 Å². The topological polar surface area (TPSA) is 34.1 Å². The van der Waals surface area contributed by atoms with E-state index in [2.05, 4.69) is 27.7 Å². The monoisotopic (exact) mass is 384 g/mol. The van der Waals surface area contributed by atoms with Gasteiger partial charge in [0.1, 0.15) is 11.6 Å². The van der Waals surface area contributed by atoms with Crippen molar-refractivity contribution in [2.45, 2.75) is 65.7 Å². The van der Waals surface area contributed by atoms with E-state index in [-0.39, 0.29) is 39.7 Å². The Bertz CT molecular complexity index is 184. The van der Waals surface area contributed by atoms with Gasteiger partial charge in [0.25, 0.3) is 0 Å². The van der Waals surface area contributed by atoms with Gasteiger partial charge in [-0.3, -0.25) is 9.59 Å². The Labute approximate surface area is 126 Å². The molecule has 0 saturated heterocycles. The van der Waals surface area contributed by atoms with Crippen LogP contribution in [0.2, 0.25) is 17.7 Å². The van der Waals surface area contributed by atoms with Crippen molar-refractivity contribution < 1.29 is 31.3 Å². The zero-order valence-corrected chi connectivity index (χ0v) is 16.8. The van der Waals surface area contributed by atoms with E-state index >= 15 is 0 Å². The van der Waals surface area contributed by atoms with Crippen molar-refractivity contribution >= 4 is 29.9 Å². The fraction of sp³-hybridized carbons (Fsp3) is 0.846. The average Bonchev–Trinajstić information content (AvgIpc) is 2.21. The Hall–Kier alpha value is 0.853. The molecule has 0 atom stereocenters. The second-order valence-corrected chi connectivity index (χ2v) is 21.1. The average molecular weight is 383 g/mol. The molecule has 0 aromatic heterocycles. The number of carbonyl (C=O) groups is 2. The molecule has 0 spiro atoms. The molecule has 0 amide bonds.